The number of hydrogen-bond donors (Lipinski definition) is 1. The van der Waals surface area contributed by atoms with Crippen LogP contribution in [0.1, 0.15) is 21.6 Å². The average Bonchev–Trinajstić information content (AvgIpc) is 2.52. The molecule has 0 bridgehead atoms. The smallest absolute Gasteiger partial charge is 0.336 e. The fraction of sp³-hybridized carbons (Fsp3) is 0. The molecule has 23 heavy (non-hydrogen) atoms. The molecule has 0 saturated carbocycles. The molecule has 3 rings (SSSR count). The van der Waals surface area contributed by atoms with Crippen molar-refractivity contribution in [2.45, 2.75) is 0 Å². The summed E-state index contributed by atoms with van der Waals surface area (Å²) in [6, 6.07) is 12.9. The third kappa shape index (κ3) is 3.46. The van der Waals surface area contributed by atoms with E-state index in [2.05, 4.69) is 20.9 Å². The highest BCUT2D eigenvalue weighted by molar-refractivity contribution is 9.10. The lowest BCUT2D eigenvalue weighted by molar-refractivity contribution is 0.0699. The monoisotopic (exact) mass is 371 g/mol. The number of carboxylic acid groups (broad SMARTS) is 1. The number of hydrogen-bond acceptors (Lipinski definition) is 2. The molecule has 5 heteroatoms. The maximum Gasteiger partial charge on any atom is 0.336 e. The molecule has 0 atom stereocenters. The van der Waals surface area contributed by atoms with Crippen molar-refractivity contribution in [2.24, 2.45) is 0 Å². The van der Waals surface area contributed by atoms with E-state index in [-0.39, 0.29) is 11.4 Å². The van der Waals surface area contributed by atoms with Gasteiger partial charge < -0.3 is 5.11 Å². The van der Waals surface area contributed by atoms with Gasteiger partial charge in [-0.05, 0) is 48.0 Å². The predicted molar refractivity (Wildman–Crippen MR) is 91.7 cm³/mol. The highest BCUT2D eigenvalue weighted by Gasteiger charge is 2.11. The molecule has 0 unspecified atom stereocenters. The highest BCUT2D eigenvalue weighted by atomic mass is 79.9. The average molecular weight is 372 g/mol. The Kier molecular flexibility index (Phi) is 4.21. The largest absolute Gasteiger partial charge is 0.478 e. The first-order chi connectivity index (χ1) is 11.0. The van der Waals surface area contributed by atoms with Crippen LogP contribution in [0.2, 0.25) is 0 Å². The van der Waals surface area contributed by atoms with Gasteiger partial charge in [0.25, 0.3) is 0 Å². The Hall–Kier alpha value is -2.53. The Labute approximate surface area is 140 Å². The molecule has 3 nitrogen and oxygen atoms in total. The van der Waals surface area contributed by atoms with E-state index in [0.717, 1.165) is 4.47 Å². The summed E-state index contributed by atoms with van der Waals surface area (Å²) in [4.78, 5) is 15.9. The third-order valence-corrected chi connectivity index (χ3v) is 3.81. The van der Waals surface area contributed by atoms with Crippen LogP contribution in [0.25, 0.3) is 23.1 Å². The molecule has 2 aromatic carbocycles. The summed E-state index contributed by atoms with van der Waals surface area (Å²) in [7, 11) is 0. The van der Waals surface area contributed by atoms with Crippen molar-refractivity contribution in [2.75, 3.05) is 0 Å². The van der Waals surface area contributed by atoms with E-state index in [9.17, 15) is 14.3 Å². The summed E-state index contributed by atoms with van der Waals surface area (Å²) in [6.07, 6.45) is 3.37. The molecular formula is C18H11BrFNO2. The van der Waals surface area contributed by atoms with Crippen molar-refractivity contribution in [1.29, 1.82) is 0 Å². The second-order valence-corrected chi connectivity index (χ2v) is 5.87. The zero-order chi connectivity index (χ0) is 16.4. The molecule has 0 amide bonds. The summed E-state index contributed by atoms with van der Waals surface area (Å²) < 4.78 is 14.0. The minimum Gasteiger partial charge on any atom is -0.478 e. The molecule has 0 saturated heterocycles. The first kappa shape index (κ1) is 15.4. The van der Waals surface area contributed by atoms with E-state index in [0.29, 0.717) is 22.2 Å². The molecule has 0 aliphatic carbocycles. The van der Waals surface area contributed by atoms with Gasteiger partial charge in [-0.25, -0.2) is 14.2 Å². The number of nitrogens with zero attached hydrogens (tertiary/aromatic N) is 1. The van der Waals surface area contributed by atoms with Gasteiger partial charge in [0.2, 0.25) is 0 Å². The highest BCUT2D eigenvalue weighted by Crippen LogP contribution is 2.23. The van der Waals surface area contributed by atoms with Crippen LogP contribution in [0.3, 0.4) is 0 Å². The van der Waals surface area contributed by atoms with E-state index in [1.54, 1.807) is 42.5 Å². The Balaban J connectivity index is 2.08. The van der Waals surface area contributed by atoms with E-state index < -0.39 is 5.97 Å². The van der Waals surface area contributed by atoms with Crippen LogP contribution in [-0.2, 0) is 0 Å². The van der Waals surface area contributed by atoms with Crippen LogP contribution in [-0.4, -0.2) is 16.1 Å². The van der Waals surface area contributed by atoms with Gasteiger partial charge in [-0.2, -0.15) is 0 Å². The van der Waals surface area contributed by atoms with Crippen LogP contribution in [0.5, 0.6) is 0 Å². The van der Waals surface area contributed by atoms with Gasteiger partial charge in [-0.15, -0.1) is 0 Å². The topological polar surface area (TPSA) is 50.2 Å². The van der Waals surface area contributed by atoms with Crippen molar-refractivity contribution >= 4 is 45.0 Å². The molecular weight excluding hydrogens is 361 g/mol. The van der Waals surface area contributed by atoms with Gasteiger partial charge in [0.05, 0.1) is 16.8 Å². The zero-order valence-corrected chi connectivity index (χ0v) is 13.4. The van der Waals surface area contributed by atoms with Crippen LogP contribution < -0.4 is 0 Å². The van der Waals surface area contributed by atoms with E-state index in [4.69, 9.17) is 0 Å². The van der Waals surface area contributed by atoms with Crippen LogP contribution >= 0.6 is 15.9 Å². The number of fused-ring (bicyclic) bond motifs is 1. The van der Waals surface area contributed by atoms with Gasteiger partial charge in [0, 0.05) is 9.86 Å². The number of benzene rings is 2. The molecule has 1 aromatic heterocycles. The Bertz CT molecular complexity index is 937. The number of rotatable bonds is 3. The molecule has 1 N–H and O–H groups in total. The summed E-state index contributed by atoms with van der Waals surface area (Å²) >= 11 is 3.33. The quantitative estimate of drug-likeness (QED) is 0.704. The summed E-state index contributed by atoms with van der Waals surface area (Å²) in [5.41, 5.74) is 1.95. The van der Waals surface area contributed by atoms with E-state index >= 15 is 0 Å². The van der Waals surface area contributed by atoms with Gasteiger partial charge in [-0.3, -0.25) is 0 Å². The molecule has 3 aromatic rings. The van der Waals surface area contributed by atoms with Crippen molar-refractivity contribution in [1.82, 2.24) is 4.98 Å². The number of aromatic carboxylic acids is 1. The van der Waals surface area contributed by atoms with Crippen molar-refractivity contribution in [3.63, 3.8) is 0 Å². The standard InChI is InChI=1S/C18H11BrFNO2/c19-12-5-7-17-15(9-12)16(18(22)23)10-14(21-17)6-4-11-2-1-3-13(20)8-11/h1-10H,(H,22,23). The number of halogens is 2. The van der Waals surface area contributed by atoms with Gasteiger partial charge in [-0.1, -0.05) is 34.1 Å². The number of pyridine rings is 1. The molecule has 0 radical (unpaired) electrons. The molecule has 0 aliphatic heterocycles. The number of carboxylic acids is 1. The number of aromatic nitrogens is 1. The lowest BCUT2D eigenvalue weighted by Crippen LogP contribution is -2.00. The lowest BCUT2D eigenvalue weighted by atomic mass is 10.1. The summed E-state index contributed by atoms with van der Waals surface area (Å²) in [6.45, 7) is 0. The fourth-order valence-corrected chi connectivity index (χ4v) is 2.63. The van der Waals surface area contributed by atoms with E-state index in [1.807, 2.05) is 0 Å². The minimum atomic E-state index is -1.02. The lowest BCUT2D eigenvalue weighted by Gasteiger charge is -2.05. The molecule has 0 fully saturated rings. The third-order valence-electron chi connectivity index (χ3n) is 3.32. The summed E-state index contributed by atoms with van der Waals surface area (Å²) in [5.74, 6) is -1.34. The maximum atomic E-state index is 13.2. The first-order valence-corrected chi connectivity index (χ1v) is 7.59. The van der Waals surface area contributed by atoms with Gasteiger partial charge >= 0.3 is 5.97 Å². The number of carbonyl (C=O) groups is 1. The SMILES string of the molecule is O=C(O)c1cc(C=Cc2cccc(F)c2)nc2ccc(Br)cc12. The minimum absolute atomic E-state index is 0.176. The maximum absolute atomic E-state index is 13.2. The van der Waals surface area contributed by atoms with Crippen molar-refractivity contribution in [3.05, 3.63) is 75.6 Å². The van der Waals surface area contributed by atoms with E-state index in [1.165, 1.54) is 18.2 Å². The molecule has 114 valence electrons. The van der Waals surface area contributed by atoms with Crippen molar-refractivity contribution < 1.29 is 14.3 Å². The molecule has 0 aliphatic rings. The van der Waals surface area contributed by atoms with Crippen LogP contribution in [0, 0.1) is 5.82 Å². The summed E-state index contributed by atoms with van der Waals surface area (Å²) in [5, 5.41) is 9.97. The normalized spacial score (nSPS) is 11.2. The first-order valence-electron chi connectivity index (χ1n) is 6.80. The second-order valence-electron chi connectivity index (χ2n) is 4.95. The Morgan fingerprint density at radius 3 is 2.70 bits per heavy atom. The van der Waals surface area contributed by atoms with Crippen molar-refractivity contribution in [3.8, 4) is 0 Å². The van der Waals surface area contributed by atoms with Crippen LogP contribution in [0.4, 0.5) is 4.39 Å². The Morgan fingerprint density at radius 2 is 1.96 bits per heavy atom. The second kappa shape index (κ2) is 6.30. The predicted octanol–water partition coefficient (Wildman–Crippen LogP) is 5.01. The zero-order valence-electron chi connectivity index (χ0n) is 11.8. The molecule has 0 spiro atoms. The Morgan fingerprint density at radius 1 is 1.13 bits per heavy atom. The fourth-order valence-electron chi connectivity index (χ4n) is 2.27. The molecule has 1 heterocycles. The van der Waals surface area contributed by atoms with Gasteiger partial charge in [0.15, 0.2) is 0 Å². The van der Waals surface area contributed by atoms with Crippen LogP contribution in [0.15, 0.2) is 53.0 Å². The van der Waals surface area contributed by atoms with Gasteiger partial charge in [0.1, 0.15) is 5.82 Å².